The molecule has 0 aromatic rings. The summed E-state index contributed by atoms with van der Waals surface area (Å²) in [6.07, 6.45) is 33.2. The first-order chi connectivity index (χ1) is 19.8. The van der Waals surface area contributed by atoms with Crippen molar-refractivity contribution in [2.24, 2.45) is 0 Å². The molecule has 0 rings (SSSR count). The van der Waals surface area contributed by atoms with Crippen LogP contribution in [0.15, 0.2) is 0 Å². The molecule has 41 heavy (non-hydrogen) atoms. The summed E-state index contributed by atoms with van der Waals surface area (Å²) >= 11 is 0. The van der Waals surface area contributed by atoms with Gasteiger partial charge in [0, 0.05) is 19.7 Å². The van der Waals surface area contributed by atoms with Crippen molar-refractivity contribution < 1.29 is 14.6 Å². The normalized spacial score (nSPS) is 12.6. The van der Waals surface area contributed by atoms with Crippen LogP contribution in [0.5, 0.6) is 0 Å². The van der Waals surface area contributed by atoms with Gasteiger partial charge in [0.15, 0.2) is 0 Å². The maximum Gasteiger partial charge on any atom is 0.225 e. The summed E-state index contributed by atoms with van der Waals surface area (Å²) in [4.78, 5) is 15.3. The van der Waals surface area contributed by atoms with Gasteiger partial charge in [0.05, 0.1) is 18.1 Å². The maximum atomic E-state index is 13.2. The summed E-state index contributed by atoms with van der Waals surface area (Å²) < 4.78 is 5.87. The number of carbonyl (C=O) groups is 1. The van der Waals surface area contributed by atoms with Crippen LogP contribution in [0.3, 0.4) is 0 Å². The number of ether oxygens (including phenoxy) is 1. The minimum Gasteiger partial charge on any atom is -0.390 e. The second kappa shape index (κ2) is 29.5. The summed E-state index contributed by atoms with van der Waals surface area (Å²) in [7, 11) is 0. The number of nitrogens with zero attached hydrogens (tertiary/aromatic N) is 1. The van der Waals surface area contributed by atoms with Crippen molar-refractivity contribution in [3.05, 3.63) is 0 Å². The van der Waals surface area contributed by atoms with Crippen LogP contribution in [0, 0.1) is 0 Å². The van der Waals surface area contributed by atoms with Gasteiger partial charge in [0.2, 0.25) is 5.91 Å². The number of hydrogen-bond acceptors (Lipinski definition) is 3. The largest absolute Gasteiger partial charge is 0.390 e. The predicted molar refractivity (Wildman–Crippen MR) is 180 cm³/mol. The third-order valence-corrected chi connectivity index (χ3v) is 8.49. The smallest absolute Gasteiger partial charge is 0.225 e. The van der Waals surface area contributed by atoms with Crippen LogP contribution in [-0.2, 0) is 9.53 Å². The van der Waals surface area contributed by atoms with E-state index in [2.05, 4.69) is 18.7 Å². The standard InChI is InChI=1S/C37H75NO3/c1-6-8-10-12-14-16-18-20-22-24-26-28-31-38(36(39)34-35(3)41-33-30-37(4,5)40)32-29-27-25-23-21-19-17-15-13-11-9-7-2/h35,40H,6-34H2,1-5H3. The highest BCUT2D eigenvalue weighted by Crippen LogP contribution is 2.15. The summed E-state index contributed by atoms with van der Waals surface area (Å²) in [5, 5.41) is 9.93. The highest BCUT2D eigenvalue weighted by Gasteiger charge is 2.18. The van der Waals surface area contributed by atoms with Crippen molar-refractivity contribution in [1.29, 1.82) is 0 Å². The first-order valence-corrected chi connectivity index (χ1v) is 18.4. The Labute approximate surface area is 258 Å². The van der Waals surface area contributed by atoms with E-state index >= 15 is 0 Å². The van der Waals surface area contributed by atoms with E-state index in [0.717, 1.165) is 25.9 Å². The Balaban J connectivity index is 4.20. The summed E-state index contributed by atoms with van der Waals surface area (Å²) in [5.41, 5.74) is -0.723. The lowest BCUT2D eigenvalue weighted by atomic mass is 10.0. The summed E-state index contributed by atoms with van der Waals surface area (Å²) in [5.74, 6) is 0.243. The predicted octanol–water partition coefficient (Wildman–Crippen LogP) is 11.2. The second-order valence-corrected chi connectivity index (χ2v) is 13.6. The Hall–Kier alpha value is -0.610. The Morgan fingerprint density at radius 3 is 1.24 bits per heavy atom. The van der Waals surface area contributed by atoms with Gasteiger partial charge in [-0.3, -0.25) is 4.79 Å². The summed E-state index contributed by atoms with van der Waals surface area (Å²) in [6.45, 7) is 12.4. The third kappa shape index (κ3) is 30.6. The number of rotatable bonds is 32. The first-order valence-electron chi connectivity index (χ1n) is 18.4. The molecule has 1 N–H and O–H groups in total. The van der Waals surface area contributed by atoms with Gasteiger partial charge >= 0.3 is 0 Å². The molecule has 1 atom stereocenters. The molecule has 1 unspecified atom stereocenters. The van der Waals surface area contributed by atoms with E-state index in [4.69, 9.17) is 4.74 Å². The van der Waals surface area contributed by atoms with Crippen LogP contribution in [0.4, 0.5) is 0 Å². The van der Waals surface area contributed by atoms with Gasteiger partial charge in [0.1, 0.15) is 0 Å². The molecule has 1 amide bonds. The van der Waals surface area contributed by atoms with Crippen LogP contribution < -0.4 is 0 Å². The Morgan fingerprint density at radius 1 is 0.610 bits per heavy atom. The average Bonchev–Trinajstić information content (AvgIpc) is 2.92. The fourth-order valence-electron chi connectivity index (χ4n) is 5.59. The van der Waals surface area contributed by atoms with Crippen molar-refractivity contribution in [2.45, 2.75) is 213 Å². The van der Waals surface area contributed by atoms with Gasteiger partial charge < -0.3 is 14.7 Å². The molecule has 0 aliphatic heterocycles. The number of unbranched alkanes of at least 4 members (excludes halogenated alkanes) is 22. The monoisotopic (exact) mass is 582 g/mol. The van der Waals surface area contributed by atoms with Crippen LogP contribution >= 0.6 is 0 Å². The molecule has 4 nitrogen and oxygen atoms in total. The highest BCUT2D eigenvalue weighted by molar-refractivity contribution is 5.76. The number of aliphatic hydroxyl groups is 1. The number of hydrogen-bond donors (Lipinski definition) is 1. The van der Waals surface area contributed by atoms with E-state index in [1.54, 1.807) is 13.8 Å². The molecule has 246 valence electrons. The topological polar surface area (TPSA) is 49.8 Å². The molecule has 0 fully saturated rings. The molecule has 0 saturated carbocycles. The summed E-state index contributed by atoms with van der Waals surface area (Å²) in [6, 6.07) is 0. The molecule has 0 heterocycles. The SMILES string of the molecule is CCCCCCCCCCCCCCN(CCCCCCCCCCCCCC)C(=O)CC(C)OCCC(C)(C)O. The average molecular weight is 582 g/mol. The van der Waals surface area contributed by atoms with E-state index < -0.39 is 5.60 Å². The van der Waals surface area contributed by atoms with Gasteiger partial charge in [-0.1, -0.05) is 155 Å². The maximum absolute atomic E-state index is 13.2. The van der Waals surface area contributed by atoms with Gasteiger partial charge in [-0.25, -0.2) is 0 Å². The molecular weight excluding hydrogens is 506 g/mol. The second-order valence-electron chi connectivity index (χ2n) is 13.6. The third-order valence-electron chi connectivity index (χ3n) is 8.49. The van der Waals surface area contributed by atoms with E-state index in [0.29, 0.717) is 19.4 Å². The van der Waals surface area contributed by atoms with Gasteiger partial charge in [0.25, 0.3) is 0 Å². The van der Waals surface area contributed by atoms with E-state index in [-0.39, 0.29) is 12.0 Å². The van der Waals surface area contributed by atoms with Crippen molar-refractivity contribution in [1.82, 2.24) is 4.90 Å². The zero-order valence-corrected chi connectivity index (χ0v) is 28.8. The minimum absolute atomic E-state index is 0.101. The van der Waals surface area contributed by atoms with E-state index in [1.165, 1.54) is 141 Å². The molecule has 0 radical (unpaired) electrons. The molecule has 0 aliphatic carbocycles. The highest BCUT2D eigenvalue weighted by atomic mass is 16.5. The van der Waals surface area contributed by atoms with Gasteiger partial charge in [-0.2, -0.15) is 0 Å². The lowest BCUT2D eigenvalue weighted by Crippen LogP contribution is -2.35. The molecule has 4 heteroatoms. The molecule has 0 spiro atoms. The van der Waals surface area contributed by atoms with E-state index in [1.807, 2.05) is 6.92 Å². The van der Waals surface area contributed by atoms with Crippen molar-refractivity contribution in [2.75, 3.05) is 19.7 Å². The Kier molecular flexibility index (Phi) is 29.0. The quantitative estimate of drug-likeness (QED) is 0.0804. The van der Waals surface area contributed by atoms with Crippen LogP contribution in [0.2, 0.25) is 0 Å². The molecule has 0 aromatic heterocycles. The van der Waals surface area contributed by atoms with Crippen molar-refractivity contribution in [3.8, 4) is 0 Å². The zero-order valence-electron chi connectivity index (χ0n) is 28.8. The van der Waals surface area contributed by atoms with Crippen molar-refractivity contribution in [3.63, 3.8) is 0 Å². The zero-order chi connectivity index (χ0) is 30.4. The van der Waals surface area contributed by atoms with Crippen LogP contribution in [-0.4, -0.2) is 47.3 Å². The first kappa shape index (κ1) is 40.4. The fraction of sp³-hybridized carbons (Fsp3) is 0.973. The van der Waals surface area contributed by atoms with Gasteiger partial charge in [-0.05, 0) is 40.0 Å². The Bertz CT molecular complexity index is 517. The lowest BCUT2D eigenvalue weighted by molar-refractivity contribution is -0.134. The molecule has 0 saturated heterocycles. The number of amides is 1. The molecular formula is C37H75NO3. The van der Waals surface area contributed by atoms with Crippen LogP contribution in [0.25, 0.3) is 0 Å². The molecule has 0 aromatic carbocycles. The van der Waals surface area contributed by atoms with Gasteiger partial charge in [-0.15, -0.1) is 0 Å². The Morgan fingerprint density at radius 2 is 0.927 bits per heavy atom. The van der Waals surface area contributed by atoms with E-state index in [9.17, 15) is 9.90 Å². The van der Waals surface area contributed by atoms with Crippen molar-refractivity contribution >= 4 is 5.91 Å². The molecule has 0 bridgehead atoms. The lowest BCUT2D eigenvalue weighted by Gasteiger charge is -2.25. The minimum atomic E-state index is -0.723. The fourth-order valence-corrected chi connectivity index (χ4v) is 5.59. The van der Waals surface area contributed by atoms with Crippen LogP contribution in [0.1, 0.15) is 202 Å². The number of carbonyl (C=O) groups excluding carboxylic acids is 1. The molecule has 0 aliphatic rings.